The Morgan fingerprint density at radius 2 is 1.62 bits per heavy atom. The Kier molecular flexibility index (Phi) is 10.3. The fraction of sp³-hybridized carbons (Fsp3) is 0.667. The van der Waals surface area contributed by atoms with Gasteiger partial charge in [0, 0.05) is 26.4 Å². The monoisotopic (exact) mass is 452 g/mol. The smallest absolute Gasteiger partial charge is 0.303 e. The summed E-state index contributed by atoms with van der Waals surface area (Å²) in [5.41, 5.74) is 1.14. The molecule has 0 aliphatic carbocycles. The van der Waals surface area contributed by atoms with Crippen molar-refractivity contribution in [3.63, 3.8) is 0 Å². The van der Waals surface area contributed by atoms with Crippen molar-refractivity contribution < 1.29 is 38.0 Å². The van der Waals surface area contributed by atoms with E-state index in [9.17, 15) is 9.59 Å². The van der Waals surface area contributed by atoms with Gasteiger partial charge in [-0.1, -0.05) is 19.9 Å². The molecule has 1 aromatic rings. The number of benzene rings is 1. The molecule has 32 heavy (non-hydrogen) atoms. The van der Waals surface area contributed by atoms with Crippen LogP contribution in [0.1, 0.15) is 52.5 Å². The molecule has 8 heteroatoms. The predicted molar refractivity (Wildman–Crippen MR) is 118 cm³/mol. The molecular formula is C24H36O8. The molecule has 0 spiro atoms. The first-order valence-electron chi connectivity index (χ1n) is 11.1. The lowest BCUT2D eigenvalue weighted by molar-refractivity contribution is -0.290. The third-order valence-corrected chi connectivity index (χ3v) is 5.60. The molecule has 1 aliphatic rings. The summed E-state index contributed by atoms with van der Waals surface area (Å²) in [6.07, 6.45) is 0.880. The second-order valence-electron chi connectivity index (χ2n) is 7.98. The molecule has 2 rings (SSSR count). The number of aryl methyl sites for hydroxylation is 1. The maximum atomic E-state index is 11.7. The summed E-state index contributed by atoms with van der Waals surface area (Å²) in [6.45, 7) is 7.02. The maximum absolute atomic E-state index is 11.7. The van der Waals surface area contributed by atoms with Gasteiger partial charge < -0.3 is 28.4 Å². The highest BCUT2D eigenvalue weighted by molar-refractivity contribution is 5.67. The van der Waals surface area contributed by atoms with E-state index in [-0.39, 0.29) is 12.0 Å². The third-order valence-electron chi connectivity index (χ3n) is 5.60. The second kappa shape index (κ2) is 12.6. The van der Waals surface area contributed by atoms with Crippen LogP contribution in [0.5, 0.6) is 11.5 Å². The topological polar surface area (TPSA) is 89.5 Å². The van der Waals surface area contributed by atoms with Crippen LogP contribution in [-0.4, -0.2) is 57.4 Å². The Bertz CT molecular complexity index is 750. The molecule has 1 aliphatic heterocycles. The zero-order valence-corrected chi connectivity index (χ0v) is 19.9. The molecule has 1 fully saturated rings. The average Bonchev–Trinajstić information content (AvgIpc) is 2.76. The van der Waals surface area contributed by atoms with Gasteiger partial charge in [0.05, 0.1) is 20.3 Å². The van der Waals surface area contributed by atoms with Gasteiger partial charge in [-0.05, 0) is 43.4 Å². The number of esters is 2. The van der Waals surface area contributed by atoms with Crippen LogP contribution in [0.25, 0.3) is 0 Å². The summed E-state index contributed by atoms with van der Waals surface area (Å²) < 4.78 is 33.6. The number of rotatable bonds is 11. The molecule has 180 valence electrons. The molecule has 0 N–H and O–H groups in total. The van der Waals surface area contributed by atoms with Crippen LogP contribution in [0.4, 0.5) is 0 Å². The first kappa shape index (κ1) is 25.9. The average molecular weight is 453 g/mol. The van der Waals surface area contributed by atoms with Crippen LogP contribution in [0, 0.1) is 5.92 Å². The van der Waals surface area contributed by atoms with Crippen molar-refractivity contribution in [3.8, 4) is 11.5 Å². The minimum Gasteiger partial charge on any atom is -0.493 e. The van der Waals surface area contributed by atoms with E-state index in [2.05, 4.69) is 0 Å². The van der Waals surface area contributed by atoms with Gasteiger partial charge in [-0.15, -0.1) is 0 Å². The Morgan fingerprint density at radius 3 is 2.22 bits per heavy atom. The number of unbranched alkanes of at least 4 members (excludes halogenated alkanes) is 1. The Morgan fingerprint density at radius 1 is 0.969 bits per heavy atom. The minimum absolute atomic E-state index is 0.127. The number of ether oxygens (including phenoxy) is 6. The highest BCUT2D eigenvalue weighted by Crippen LogP contribution is 2.33. The van der Waals surface area contributed by atoms with Crippen LogP contribution in [0.2, 0.25) is 0 Å². The van der Waals surface area contributed by atoms with Gasteiger partial charge in [-0.2, -0.15) is 0 Å². The van der Waals surface area contributed by atoms with Crippen LogP contribution >= 0.6 is 0 Å². The summed E-state index contributed by atoms with van der Waals surface area (Å²) in [7, 11) is 3.23. The lowest BCUT2D eigenvalue weighted by atomic mass is 9.89. The fourth-order valence-corrected chi connectivity index (χ4v) is 3.99. The lowest BCUT2D eigenvalue weighted by Crippen LogP contribution is -2.57. The fourth-order valence-electron chi connectivity index (χ4n) is 3.99. The van der Waals surface area contributed by atoms with Crippen molar-refractivity contribution in [3.05, 3.63) is 23.8 Å². The summed E-state index contributed by atoms with van der Waals surface area (Å²) in [4.78, 5) is 23.3. The third kappa shape index (κ3) is 7.10. The van der Waals surface area contributed by atoms with Crippen molar-refractivity contribution in [1.82, 2.24) is 0 Å². The van der Waals surface area contributed by atoms with Crippen molar-refractivity contribution in [1.29, 1.82) is 0 Å². The van der Waals surface area contributed by atoms with Gasteiger partial charge >= 0.3 is 11.9 Å². The Balaban J connectivity index is 1.95. The van der Waals surface area contributed by atoms with Gasteiger partial charge in [-0.25, -0.2) is 0 Å². The van der Waals surface area contributed by atoms with E-state index in [0.29, 0.717) is 18.1 Å². The van der Waals surface area contributed by atoms with Crippen LogP contribution in [0.3, 0.4) is 0 Å². The predicted octanol–water partition coefficient (Wildman–Crippen LogP) is 3.68. The molecule has 0 bridgehead atoms. The highest BCUT2D eigenvalue weighted by atomic mass is 16.7. The quantitative estimate of drug-likeness (QED) is 0.371. The summed E-state index contributed by atoms with van der Waals surface area (Å²) >= 11 is 0. The van der Waals surface area contributed by atoms with E-state index >= 15 is 0 Å². The van der Waals surface area contributed by atoms with E-state index in [4.69, 9.17) is 28.4 Å². The normalized spacial score (nSPS) is 25.1. The van der Waals surface area contributed by atoms with E-state index in [0.717, 1.165) is 31.2 Å². The second-order valence-corrected chi connectivity index (χ2v) is 7.98. The largest absolute Gasteiger partial charge is 0.493 e. The molecule has 0 saturated carbocycles. The van der Waals surface area contributed by atoms with E-state index < -0.39 is 30.4 Å². The minimum atomic E-state index is -0.806. The summed E-state index contributed by atoms with van der Waals surface area (Å²) in [5, 5.41) is 0. The summed E-state index contributed by atoms with van der Waals surface area (Å²) in [6, 6.07) is 5.88. The van der Waals surface area contributed by atoms with Crippen molar-refractivity contribution in [2.24, 2.45) is 5.92 Å². The molecule has 0 radical (unpaired) electrons. The summed E-state index contributed by atoms with van der Waals surface area (Å²) in [5.74, 6) is 0.382. The van der Waals surface area contributed by atoms with Crippen molar-refractivity contribution in [2.45, 2.75) is 78.0 Å². The number of carbonyl (C=O) groups excluding carboxylic acids is 2. The molecule has 1 heterocycles. The molecule has 1 aromatic carbocycles. The molecular weight excluding hydrogens is 416 g/mol. The highest BCUT2D eigenvalue weighted by Gasteiger charge is 2.47. The molecule has 1 saturated heterocycles. The van der Waals surface area contributed by atoms with Crippen LogP contribution in [0.15, 0.2) is 18.2 Å². The standard InChI is InChI=1S/C24H36O8/c1-7-19-15(2)22(30-16(3)25)23(31-17(4)26)24(32-19)29-13-9-8-10-18-11-12-20(27-5)21(14-18)28-6/h11-12,14-15,19,22-24H,7-10,13H2,1-6H3/t15-,19-,22+,23-,24-/m1/s1. The van der Waals surface area contributed by atoms with Crippen molar-refractivity contribution >= 4 is 11.9 Å². The van der Waals surface area contributed by atoms with Crippen molar-refractivity contribution in [2.75, 3.05) is 20.8 Å². The van der Waals surface area contributed by atoms with Crippen LogP contribution in [-0.2, 0) is 35.0 Å². The van der Waals surface area contributed by atoms with Gasteiger partial charge in [0.2, 0.25) is 0 Å². The molecule has 8 nitrogen and oxygen atoms in total. The zero-order chi connectivity index (χ0) is 23.7. The number of hydrogen-bond acceptors (Lipinski definition) is 8. The number of carbonyl (C=O) groups is 2. The van der Waals surface area contributed by atoms with Crippen LogP contribution < -0.4 is 9.47 Å². The lowest BCUT2D eigenvalue weighted by Gasteiger charge is -2.43. The number of hydrogen-bond donors (Lipinski definition) is 0. The van der Waals surface area contributed by atoms with Gasteiger partial charge in [0.1, 0.15) is 6.10 Å². The number of methoxy groups -OCH3 is 2. The maximum Gasteiger partial charge on any atom is 0.303 e. The molecule has 0 amide bonds. The first-order valence-corrected chi connectivity index (χ1v) is 11.1. The molecule has 5 atom stereocenters. The SMILES string of the molecule is CC[C@H]1O[C@@H](OCCCCc2ccc(OC)c(OC)c2)[C@H](OC(C)=O)[C@@H](OC(C)=O)[C@@H]1C. The van der Waals surface area contributed by atoms with E-state index in [1.807, 2.05) is 32.0 Å². The first-order chi connectivity index (χ1) is 15.3. The van der Waals surface area contributed by atoms with E-state index in [1.165, 1.54) is 13.8 Å². The van der Waals surface area contributed by atoms with Gasteiger partial charge in [-0.3, -0.25) is 9.59 Å². The molecule has 0 aromatic heterocycles. The van der Waals surface area contributed by atoms with Gasteiger partial charge in [0.15, 0.2) is 23.9 Å². The Labute approximate surface area is 190 Å². The molecule has 0 unspecified atom stereocenters. The Hall–Kier alpha value is -2.32. The van der Waals surface area contributed by atoms with E-state index in [1.54, 1.807) is 14.2 Å². The zero-order valence-electron chi connectivity index (χ0n) is 19.9. The van der Waals surface area contributed by atoms with Gasteiger partial charge in [0.25, 0.3) is 0 Å².